The van der Waals surface area contributed by atoms with Gasteiger partial charge >= 0.3 is 6.18 Å². The first-order valence-electron chi connectivity index (χ1n) is 8.54. The molecule has 1 atom stereocenters. The Morgan fingerprint density at radius 2 is 2.07 bits per heavy atom. The van der Waals surface area contributed by atoms with Crippen molar-refractivity contribution < 1.29 is 18.0 Å². The SMILES string of the molecule is CC1c2nnn(-c3ccc[nH]3)c2CCN1C(=O)c1cccc(C(F)(F)F)c1Cl. The molecular formula is C18H15ClF3N5O. The first-order chi connectivity index (χ1) is 13.3. The summed E-state index contributed by atoms with van der Waals surface area (Å²) in [5.41, 5.74) is 0.262. The van der Waals surface area contributed by atoms with E-state index in [9.17, 15) is 18.0 Å². The van der Waals surface area contributed by atoms with Gasteiger partial charge in [-0.15, -0.1) is 5.10 Å². The lowest BCUT2D eigenvalue weighted by molar-refractivity contribution is -0.137. The van der Waals surface area contributed by atoms with Crippen LogP contribution in [-0.4, -0.2) is 37.3 Å². The number of aromatic nitrogens is 4. The number of halogens is 4. The van der Waals surface area contributed by atoms with Gasteiger partial charge in [0.1, 0.15) is 11.5 Å². The Bertz CT molecular complexity index is 1030. The van der Waals surface area contributed by atoms with Crippen LogP contribution >= 0.6 is 11.6 Å². The highest BCUT2D eigenvalue weighted by Crippen LogP contribution is 2.38. The standard InChI is InChI=1S/C18H15ClF3N5O/c1-10-16-13(27(25-24-16)14-6-3-8-23-14)7-9-26(10)17(28)11-4-2-5-12(15(11)19)18(20,21)22/h2-6,8,10,23H,7,9H2,1H3. The maximum absolute atomic E-state index is 13.1. The predicted molar refractivity (Wildman–Crippen MR) is 95.3 cm³/mol. The summed E-state index contributed by atoms with van der Waals surface area (Å²) in [4.78, 5) is 17.5. The second-order valence-corrected chi connectivity index (χ2v) is 6.86. The van der Waals surface area contributed by atoms with Gasteiger partial charge in [0, 0.05) is 19.2 Å². The maximum Gasteiger partial charge on any atom is 0.417 e. The molecule has 6 nitrogen and oxygen atoms in total. The topological polar surface area (TPSA) is 66.8 Å². The van der Waals surface area contributed by atoms with Crippen LogP contribution in [0.25, 0.3) is 5.82 Å². The van der Waals surface area contributed by atoms with E-state index in [1.807, 2.05) is 12.1 Å². The van der Waals surface area contributed by atoms with Gasteiger partial charge in [0.05, 0.1) is 27.9 Å². The molecule has 146 valence electrons. The summed E-state index contributed by atoms with van der Waals surface area (Å²) >= 11 is 5.92. The number of nitrogens with zero attached hydrogens (tertiary/aromatic N) is 4. The van der Waals surface area contributed by atoms with Crippen molar-refractivity contribution in [3.8, 4) is 5.82 Å². The average molecular weight is 410 g/mol. The number of rotatable bonds is 2. The summed E-state index contributed by atoms with van der Waals surface area (Å²) in [6, 6.07) is 6.58. The van der Waals surface area contributed by atoms with Gasteiger partial charge in [-0.1, -0.05) is 22.9 Å². The van der Waals surface area contributed by atoms with Crippen LogP contribution in [0.5, 0.6) is 0 Å². The van der Waals surface area contributed by atoms with Crippen LogP contribution in [0.1, 0.15) is 40.3 Å². The highest BCUT2D eigenvalue weighted by atomic mass is 35.5. The molecule has 1 unspecified atom stereocenters. The summed E-state index contributed by atoms with van der Waals surface area (Å²) in [6.07, 6.45) is -2.40. The van der Waals surface area contributed by atoms with Crippen molar-refractivity contribution in [1.82, 2.24) is 24.9 Å². The van der Waals surface area contributed by atoms with Crippen LogP contribution in [0, 0.1) is 0 Å². The molecule has 2 aromatic heterocycles. The maximum atomic E-state index is 13.1. The smallest absolute Gasteiger partial charge is 0.347 e. The number of amides is 1. The van der Waals surface area contributed by atoms with Gasteiger partial charge in [0.2, 0.25) is 0 Å². The molecule has 0 aliphatic carbocycles. The molecule has 0 bridgehead atoms. The van der Waals surface area contributed by atoms with Crippen LogP contribution in [0.2, 0.25) is 5.02 Å². The summed E-state index contributed by atoms with van der Waals surface area (Å²) in [5.74, 6) is 0.185. The lowest BCUT2D eigenvalue weighted by Gasteiger charge is -2.33. The van der Waals surface area contributed by atoms with E-state index in [2.05, 4.69) is 15.3 Å². The number of fused-ring (bicyclic) bond motifs is 1. The molecule has 0 radical (unpaired) electrons. The monoisotopic (exact) mass is 409 g/mol. The van der Waals surface area contributed by atoms with E-state index < -0.39 is 28.7 Å². The Kier molecular flexibility index (Phi) is 4.41. The first kappa shape index (κ1) is 18.5. The van der Waals surface area contributed by atoms with Crippen LogP contribution in [0.15, 0.2) is 36.5 Å². The zero-order valence-electron chi connectivity index (χ0n) is 14.7. The number of nitrogens with one attached hydrogen (secondary N) is 1. The minimum absolute atomic E-state index is 0.177. The minimum atomic E-state index is -4.63. The summed E-state index contributed by atoms with van der Waals surface area (Å²) in [6.45, 7) is 2.08. The van der Waals surface area contributed by atoms with Gasteiger partial charge < -0.3 is 9.88 Å². The normalized spacial score (nSPS) is 16.9. The highest BCUT2D eigenvalue weighted by molar-refractivity contribution is 6.34. The van der Waals surface area contributed by atoms with Crippen molar-refractivity contribution in [1.29, 1.82) is 0 Å². The van der Waals surface area contributed by atoms with E-state index in [1.54, 1.807) is 17.8 Å². The van der Waals surface area contributed by atoms with E-state index in [0.717, 1.165) is 17.6 Å². The molecule has 3 aromatic rings. The molecule has 3 heterocycles. The van der Waals surface area contributed by atoms with Gasteiger partial charge in [-0.25, -0.2) is 4.68 Å². The number of alkyl halides is 3. The third-order valence-corrected chi connectivity index (χ3v) is 5.26. The third kappa shape index (κ3) is 2.95. The molecule has 0 spiro atoms. The summed E-state index contributed by atoms with van der Waals surface area (Å²) in [7, 11) is 0. The van der Waals surface area contributed by atoms with Gasteiger partial charge in [-0.3, -0.25) is 4.79 Å². The van der Waals surface area contributed by atoms with Crippen molar-refractivity contribution in [3.05, 3.63) is 64.1 Å². The zero-order chi connectivity index (χ0) is 20.1. The Morgan fingerprint density at radius 1 is 1.29 bits per heavy atom. The Hall–Kier alpha value is -2.81. The molecule has 28 heavy (non-hydrogen) atoms. The largest absolute Gasteiger partial charge is 0.417 e. The van der Waals surface area contributed by atoms with E-state index >= 15 is 0 Å². The lowest BCUT2D eigenvalue weighted by Crippen LogP contribution is -2.39. The number of H-pyrrole nitrogens is 1. The Balaban J connectivity index is 1.67. The Morgan fingerprint density at radius 3 is 2.75 bits per heavy atom. The second-order valence-electron chi connectivity index (χ2n) is 6.48. The number of hydrogen-bond acceptors (Lipinski definition) is 3. The summed E-state index contributed by atoms with van der Waals surface area (Å²) < 4.78 is 41.0. The van der Waals surface area contributed by atoms with Gasteiger partial charge in [-0.2, -0.15) is 13.2 Å². The van der Waals surface area contributed by atoms with Crippen molar-refractivity contribution in [3.63, 3.8) is 0 Å². The number of benzene rings is 1. The molecule has 0 saturated carbocycles. The fourth-order valence-corrected chi connectivity index (χ4v) is 3.75. The summed E-state index contributed by atoms with van der Waals surface area (Å²) in [5, 5.41) is 7.74. The van der Waals surface area contributed by atoms with E-state index in [-0.39, 0.29) is 5.56 Å². The molecule has 0 saturated heterocycles. The molecule has 1 amide bonds. The number of carbonyl (C=O) groups excluding carboxylic acids is 1. The number of aromatic amines is 1. The fourth-order valence-electron chi connectivity index (χ4n) is 3.43. The molecule has 1 aliphatic rings. The van der Waals surface area contributed by atoms with Crippen molar-refractivity contribution in [2.75, 3.05) is 6.54 Å². The van der Waals surface area contributed by atoms with Gasteiger partial charge in [0.15, 0.2) is 0 Å². The minimum Gasteiger partial charge on any atom is -0.347 e. The number of hydrogen-bond donors (Lipinski definition) is 1. The van der Waals surface area contributed by atoms with Crippen LogP contribution in [-0.2, 0) is 12.6 Å². The molecule has 10 heteroatoms. The van der Waals surface area contributed by atoms with Crippen molar-refractivity contribution in [2.24, 2.45) is 0 Å². The van der Waals surface area contributed by atoms with Crippen LogP contribution in [0.3, 0.4) is 0 Å². The predicted octanol–water partition coefficient (Wildman–Crippen LogP) is 4.03. The second kappa shape index (κ2) is 6.66. The van der Waals surface area contributed by atoms with E-state index in [0.29, 0.717) is 18.7 Å². The fraction of sp³-hybridized carbons (Fsp3) is 0.278. The van der Waals surface area contributed by atoms with E-state index in [4.69, 9.17) is 11.6 Å². The van der Waals surface area contributed by atoms with Crippen LogP contribution < -0.4 is 0 Å². The quantitative estimate of drug-likeness (QED) is 0.695. The average Bonchev–Trinajstić information content (AvgIpc) is 3.30. The molecule has 1 aliphatic heterocycles. The first-order valence-corrected chi connectivity index (χ1v) is 8.91. The van der Waals surface area contributed by atoms with Crippen LogP contribution in [0.4, 0.5) is 13.2 Å². The number of carbonyl (C=O) groups is 1. The lowest BCUT2D eigenvalue weighted by atomic mass is 10.0. The third-order valence-electron chi connectivity index (χ3n) is 4.85. The molecule has 4 rings (SSSR count). The van der Waals surface area contributed by atoms with Gasteiger partial charge in [-0.05, 0) is 31.2 Å². The molecule has 0 fully saturated rings. The van der Waals surface area contributed by atoms with Gasteiger partial charge in [0.25, 0.3) is 5.91 Å². The van der Waals surface area contributed by atoms with Crippen molar-refractivity contribution >= 4 is 17.5 Å². The zero-order valence-corrected chi connectivity index (χ0v) is 15.4. The molecular weight excluding hydrogens is 395 g/mol. The molecule has 1 N–H and O–H groups in total. The Labute approximate surface area is 162 Å². The molecule has 1 aromatic carbocycles. The van der Waals surface area contributed by atoms with Crippen molar-refractivity contribution in [2.45, 2.75) is 25.6 Å². The van der Waals surface area contributed by atoms with E-state index in [1.165, 1.54) is 17.0 Å². The highest BCUT2D eigenvalue weighted by Gasteiger charge is 2.37.